The van der Waals surface area contributed by atoms with Gasteiger partial charge in [-0.05, 0) is 18.9 Å². The summed E-state index contributed by atoms with van der Waals surface area (Å²) in [5.41, 5.74) is 0.814. The highest BCUT2D eigenvalue weighted by atomic mass is 16.7. The normalized spacial score (nSPS) is 17.9. The van der Waals surface area contributed by atoms with Crippen LogP contribution in [0.3, 0.4) is 0 Å². The van der Waals surface area contributed by atoms with Gasteiger partial charge in [-0.15, -0.1) is 0 Å². The molecule has 1 aromatic heterocycles. The lowest BCUT2D eigenvalue weighted by Gasteiger charge is -2.16. The molecule has 0 unspecified atom stereocenters. The van der Waals surface area contributed by atoms with Gasteiger partial charge in [0.25, 0.3) is 0 Å². The van der Waals surface area contributed by atoms with Gasteiger partial charge in [0.1, 0.15) is 5.82 Å². The Labute approximate surface area is 109 Å². The molecule has 0 aliphatic heterocycles. The van der Waals surface area contributed by atoms with Crippen LogP contribution in [0.1, 0.15) is 62.3 Å². The summed E-state index contributed by atoms with van der Waals surface area (Å²) in [5.74, 6) is 1.45. The molecule has 4 nitrogen and oxygen atoms in total. The van der Waals surface area contributed by atoms with E-state index in [-0.39, 0.29) is 0 Å². The standard InChI is InChI=1S/C14H22N2O2/c1-17-14(18-2)12-9-10-15-13(16-12)11-7-5-3-4-6-8-11/h9-11,14H,3-8H2,1-2H3. The second-order valence-corrected chi connectivity index (χ2v) is 4.83. The van der Waals surface area contributed by atoms with E-state index in [9.17, 15) is 0 Å². The van der Waals surface area contributed by atoms with E-state index in [0.717, 1.165) is 11.5 Å². The Morgan fingerprint density at radius 2 is 1.78 bits per heavy atom. The second-order valence-electron chi connectivity index (χ2n) is 4.83. The molecule has 0 radical (unpaired) electrons. The average Bonchev–Trinajstić information content (AvgIpc) is 2.69. The summed E-state index contributed by atoms with van der Waals surface area (Å²) >= 11 is 0. The van der Waals surface area contributed by atoms with Gasteiger partial charge < -0.3 is 9.47 Å². The minimum absolute atomic E-state index is 0.391. The van der Waals surface area contributed by atoms with Crippen molar-refractivity contribution in [2.45, 2.75) is 50.7 Å². The Balaban J connectivity index is 2.14. The molecule has 0 aromatic carbocycles. The molecule has 2 rings (SSSR count). The van der Waals surface area contributed by atoms with Crippen molar-refractivity contribution in [2.75, 3.05) is 14.2 Å². The van der Waals surface area contributed by atoms with E-state index >= 15 is 0 Å². The monoisotopic (exact) mass is 250 g/mol. The summed E-state index contributed by atoms with van der Waals surface area (Å²) in [5, 5.41) is 0. The summed E-state index contributed by atoms with van der Waals surface area (Å²) in [4.78, 5) is 9.05. The summed E-state index contributed by atoms with van der Waals surface area (Å²) in [6.45, 7) is 0. The highest BCUT2D eigenvalue weighted by Crippen LogP contribution is 2.30. The third kappa shape index (κ3) is 3.27. The van der Waals surface area contributed by atoms with E-state index < -0.39 is 6.29 Å². The number of aromatic nitrogens is 2. The zero-order chi connectivity index (χ0) is 12.8. The topological polar surface area (TPSA) is 44.2 Å². The molecule has 4 heteroatoms. The van der Waals surface area contributed by atoms with Crippen LogP contribution in [0.5, 0.6) is 0 Å². The molecular formula is C14H22N2O2. The van der Waals surface area contributed by atoms with Crippen molar-refractivity contribution in [1.82, 2.24) is 9.97 Å². The van der Waals surface area contributed by atoms with Crippen LogP contribution in [0.15, 0.2) is 12.3 Å². The molecule has 1 fully saturated rings. The number of rotatable bonds is 4. The first-order valence-corrected chi connectivity index (χ1v) is 6.73. The molecule has 1 aliphatic rings. The number of hydrogen-bond donors (Lipinski definition) is 0. The highest BCUT2D eigenvalue weighted by molar-refractivity contribution is 5.07. The van der Waals surface area contributed by atoms with Gasteiger partial charge in [0.2, 0.25) is 6.29 Å². The molecule has 0 bridgehead atoms. The lowest BCUT2D eigenvalue weighted by Crippen LogP contribution is -2.11. The molecule has 0 amide bonds. The van der Waals surface area contributed by atoms with Gasteiger partial charge in [-0.2, -0.15) is 0 Å². The smallest absolute Gasteiger partial charge is 0.200 e. The van der Waals surface area contributed by atoms with Crippen molar-refractivity contribution in [3.05, 3.63) is 23.8 Å². The van der Waals surface area contributed by atoms with Crippen LogP contribution in [-0.4, -0.2) is 24.2 Å². The Morgan fingerprint density at radius 3 is 2.39 bits per heavy atom. The largest absolute Gasteiger partial charge is 0.350 e. The molecule has 18 heavy (non-hydrogen) atoms. The number of ether oxygens (including phenoxy) is 2. The predicted octanol–water partition coefficient (Wildman–Crippen LogP) is 3.21. The molecule has 0 saturated heterocycles. The zero-order valence-corrected chi connectivity index (χ0v) is 11.3. The van der Waals surface area contributed by atoms with Gasteiger partial charge in [0, 0.05) is 26.3 Å². The minimum Gasteiger partial charge on any atom is -0.350 e. The Hall–Kier alpha value is -1.00. The van der Waals surface area contributed by atoms with E-state index in [0.29, 0.717) is 5.92 Å². The molecule has 0 N–H and O–H groups in total. The van der Waals surface area contributed by atoms with E-state index in [1.807, 2.05) is 12.3 Å². The van der Waals surface area contributed by atoms with Gasteiger partial charge >= 0.3 is 0 Å². The Bertz CT molecular complexity index is 359. The quantitative estimate of drug-likeness (QED) is 0.608. The molecule has 0 spiro atoms. The van der Waals surface area contributed by atoms with Gasteiger partial charge in [-0.1, -0.05) is 25.7 Å². The van der Waals surface area contributed by atoms with Gasteiger partial charge in [-0.25, -0.2) is 9.97 Å². The average molecular weight is 250 g/mol. The van der Waals surface area contributed by atoms with E-state index in [1.54, 1.807) is 14.2 Å². The predicted molar refractivity (Wildman–Crippen MR) is 69.2 cm³/mol. The fourth-order valence-electron chi connectivity index (χ4n) is 2.59. The van der Waals surface area contributed by atoms with Crippen LogP contribution >= 0.6 is 0 Å². The van der Waals surface area contributed by atoms with Crippen molar-refractivity contribution in [3.8, 4) is 0 Å². The van der Waals surface area contributed by atoms with E-state index in [1.165, 1.54) is 38.5 Å². The molecule has 1 aromatic rings. The van der Waals surface area contributed by atoms with E-state index in [2.05, 4.69) is 9.97 Å². The molecule has 0 atom stereocenters. The maximum Gasteiger partial charge on any atom is 0.200 e. The van der Waals surface area contributed by atoms with Crippen molar-refractivity contribution in [2.24, 2.45) is 0 Å². The third-order valence-electron chi connectivity index (χ3n) is 3.59. The molecule has 100 valence electrons. The summed E-state index contributed by atoms with van der Waals surface area (Å²) in [7, 11) is 3.25. The Morgan fingerprint density at radius 1 is 1.11 bits per heavy atom. The van der Waals surface area contributed by atoms with Crippen LogP contribution in [-0.2, 0) is 9.47 Å². The first-order valence-electron chi connectivity index (χ1n) is 6.73. The fraction of sp³-hybridized carbons (Fsp3) is 0.714. The lowest BCUT2D eigenvalue weighted by atomic mass is 9.99. The van der Waals surface area contributed by atoms with Crippen molar-refractivity contribution < 1.29 is 9.47 Å². The van der Waals surface area contributed by atoms with Crippen LogP contribution < -0.4 is 0 Å². The first-order chi connectivity index (χ1) is 8.85. The summed E-state index contributed by atoms with van der Waals surface area (Å²) < 4.78 is 10.5. The summed E-state index contributed by atoms with van der Waals surface area (Å²) in [6.07, 6.45) is 9.09. The third-order valence-corrected chi connectivity index (χ3v) is 3.59. The first kappa shape index (κ1) is 13.4. The number of nitrogens with zero attached hydrogens (tertiary/aromatic N) is 2. The van der Waals surface area contributed by atoms with Gasteiger partial charge in [0.15, 0.2) is 0 Å². The summed E-state index contributed by atoms with van der Waals surface area (Å²) in [6, 6.07) is 1.86. The molecule has 1 saturated carbocycles. The van der Waals surface area contributed by atoms with Crippen molar-refractivity contribution in [3.63, 3.8) is 0 Å². The molecule has 1 heterocycles. The maximum absolute atomic E-state index is 5.24. The van der Waals surface area contributed by atoms with Gasteiger partial charge in [0.05, 0.1) is 5.69 Å². The minimum atomic E-state index is -0.391. The van der Waals surface area contributed by atoms with Crippen molar-refractivity contribution in [1.29, 1.82) is 0 Å². The van der Waals surface area contributed by atoms with Gasteiger partial charge in [-0.3, -0.25) is 0 Å². The van der Waals surface area contributed by atoms with Crippen LogP contribution in [0, 0.1) is 0 Å². The SMILES string of the molecule is COC(OC)c1ccnc(C2CCCCCC2)n1. The van der Waals surface area contributed by atoms with Crippen LogP contribution in [0.4, 0.5) is 0 Å². The molecule has 1 aliphatic carbocycles. The fourth-order valence-corrected chi connectivity index (χ4v) is 2.59. The lowest BCUT2D eigenvalue weighted by molar-refractivity contribution is -0.108. The molecular weight excluding hydrogens is 228 g/mol. The van der Waals surface area contributed by atoms with Crippen LogP contribution in [0.25, 0.3) is 0 Å². The van der Waals surface area contributed by atoms with E-state index in [4.69, 9.17) is 9.47 Å². The maximum atomic E-state index is 5.24. The number of hydrogen-bond acceptors (Lipinski definition) is 4. The Kier molecular flexibility index (Phi) is 5.08. The van der Waals surface area contributed by atoms with Crippen LogP contribution in [0.2, 0.25) is 0 Å². The zero-order valence-electron chi connectivity index (χ0n) is 11.3. The van der Waals surface area contributed by atoms with Crippen molar-refractivity contribution >= 4 is 0 Å². The second kappa shape index (κ2) is 6.81. The number of methoxy groups -OCH3 is 2. The highest BCUT2D eigenvalue weighted by Gasteiger charge is 2.19.